The first-order valence-corrected chi connectivity index (χ1v) is 9.19. The van der Waals surface area contributed by atoms with Gasteiger partial charge in [0.15, 0.2) is 0 Å². The first kappa shape index (κ1) is 17.3. The molecule has 1 aliphatic rings. The molecular weight excluding hydrogens is 298 g/mol. The lowest BCUT2D eigenvalue weighted by Crippen LogP contribution is -2.53. The van der Waals surface area contributed by atoms with Crippen LogP contribution in [0.2, 0.25) is 0 Å². The van der Waals surface area contributed by atoms with E-state index < -0.39 is 0 Å². The molecule has 1 N–H and O–H groups in total. The molecule has 3 rings (SSSR count). The van der Waals surface area contributed by atoms with Gasteiger partial charge in [-0.1, -0.05) is 20.8 Å². The second-order valence-corrected chi connectivity index (χ2v) is 8.68. The van der Waals surface area contributed by atoms with Crippen LogP contribution in [0.3, 0.4) is 0 Å². The minimum absolute atomic E-state index is 0.173. The molecule has 3 nitrogen and oxygen atoms in total. The summed E-state index contributed by atoms with van der Waals surface area (Å²) in [5.41, 5.74) is 1.10. The van der Waals surface area contributed by atoms with Crippen molar-refractivity contribution in [2.45, 2.75) is 78.0 Å². The summed E-state index contributed by atoms with van der Waals surface area (Å²) in [7, 11) is 0. The first-order chi connectivity index (χ1) is 11.2. The normalized spacial score (nSPS) is 22.6. The van der Waals surface area contributed by atoms with Gasteiger partial charge < -0.3 is 14.5 Å². The fourth-order valence-corrected chi connectivity index (χ4v) is 3.24. The molecule has 132 valence electrons. The van der Waals surface area contributed by atoms with Crippen molar-refractivity contribution < 1.29 is 9.15 Å². The Kier molecular flexibility index (Phi) is 4.65. The average Bonchev–Trinajstić information content (AvgIpc) is 2.85. The number of hydrogen-bond acceptors (Lipinski definition) is 3. The van der Waals surface area contributed by atoms with Crippen LogP contribution in [-0.4, -0.2) is 17.7 Å². The van der Waals surface area contributed by atoms with Crippen LogP contribution in [0.5, 0.6) is 5.75 Å². The molecule has 0 aliphatic heterocycles. The first-order valence-electron chi connectivity index (χ1n) is 9.19. The molecule has 1 aliphatic carbocycles. The predicted octanol–water partition coefficient (Wildman–Crippen LogP) is 5.49. The third-order valence-corrected chi connectivity index (χ3v) is 4.99. The fourth-order valence-electron chi connectivity index (χ4n) is 3.24. The predicted molar refractivity (Wildman–Crippen MR) is 99.8 cm³/mol. The number of rotatable bonds is 5. The minimum Gasteiger partial charge on any atom is -0.490 e. The van der Waals surface area contributed by atoms with Crippen molar-refractivity contribution in [1.29, 1.82) is 0 Å². The average molecular weight is 329 g/mol. The lowest BCUT2D eigenvalue weighted by molar-refractivity contribution is 0.0735. The van der Waals surface area contributed by atoms with Gasteiger partial charge in [-0.2, -0.15) is 0 Å². The second kappa shape index (κ2) is 6.44. The zero-order valence-corrected chi connectivity index (χ0v) is 15.8. The molecule has 0 radical (unpaired) electrons. The van der Waals surface area contributed by atoms with Gasteiger partial charge in [-0.15, -0.1) is 0 Å². The number of benzene rings is 1. The smallest absolute Gasteiger partial charge is 0.137 e. The zero-order chi connectivity index (χ0) is 17.5. The Morgan fingerprint density at radius 2 is 1.83 bits per heavy atom. The lowest BCUT2D eigenvalue weighted by Gasteiger charge is -2.40. The van der Waals surface area contributed by atoms with Gasteiger partial charge in [-0.25, -0.2) is 0 Å². The molecular formula is C21H31NO2. The minimum atomic E-state index is 0.173. The molecule has 24 heavy (non-hydrogen) atoms. The summed E-state index contributed by atoms with van der Waals surface area (Å²) in [6, 6.07) is 8.94. The van der Waals surface area contributed by atoms with Crippen LogP contribution >= 0.6 is 0 Å². The van der Waals surface area contributed by atoms with Crippen molar-refractivity contribution in [2.75, 3.05) is 0 Å². The van der Waals surface area contributed by atoms with Gasteiger partial charge in [0.1, 0.15) is 23.2 Å². The standard InChI is InChI=1S/C21H31NO2/c1-13(2)14(3)19-9-15-7-8-17(12-20(15)24-19)23-18-10-16(11-18)22-21(4,5)6/h7-9,12-14,16,18,22H,10-11H2,1-6H3/t14-,16?,18?/m0/s1. The van der Waals surface area contributed by atoms with Crippen LogP contribution in [-0.2, 0) is 0 Å². The number of fused-ring (bicyclic) bond motifs is 1. The Hall–Kier alpha value is -1.48. The summed E-state index contributed by atoms with van der Waals surface area (Å²) in [6.45, 7) is 13.3. The van der Waals surface area contributed by atoms with E-state index in [2.05, 4.69) is 65.1 Å². The molecule has 0 amide bonds. The molecule has 2 aromatic rings. The summed E-state index contributed by atoms with van der Waals surface area (Å²) in [6.07, 6.45) is 2.46. The van der Waals surface area contributed by atoms with Crippen LogP contribution in [0.1, 0.15) is 66.1 Å². The maximum Gasteiger partial charge on any atom is 0.137 e. The summed E-state index contributed by atoms with van der Waals surface area (Å²) in [5.74, 6) is 2.98. The van der Waals surface area contributed by atoms with E-state index in [0.717, 1.165) is 35.3 Å². The highest BCUT2D eigenvalue weighted by molar-refractivity contribution is 5.79. The summed E-state index contributed by atoms with van der Waals surface area (Å²) in [4.78, 5) is 0. The van der Waals surface area contributed by atoms with Crippen molar-refractivity contribution in [3.05, 3.63) is 30.0 Å². The van der Waals surface area contributed by atoms with E-state index in [0.29, 0.717) is 24.0 Å². The van der Waals surface area contributed by atoms with Gasteiger partial charge in [0.25, 0.3) is 0 Å². The summed E-state index contributed by atoms with van der Waals surface area (Å²) < 4.78 is 12.2. The van der Waals surface area contributed by atoms with Gasteiger partial charge in [0.05, 0.1) is 0 Å². The quantitative estimate of drug-likeness (QED) is 0.787. The summed E-state index contributed by atoms with van der Waals surface area (Å²) in [5, 5.41) is 4.79. The third kappa shape index (κ3) is 3.94. The third-order valence-electron chi connectivity index (χ3n) is 4.99. The van der Waals surface area contributed by atoms with Crippen molar-refractivity contribution in [1.82, 2.24) is 5.32 Å². The van der Waals surface area contributed by atoms with E-state index >= 15 is 0 Å². The zero-order valence-electron chi connectivity index (χ0n) is 15.8. The van der Waals surface area contributed by atoms with E-state index in [1.165, 1.54) is 0 Å². The van der Waals surface area contributed by atoms with Gasteiger partial charge in [0, 0.05) is 29.0 Å². The molecule has 1 aromatic carbocycles. The summed E-state index contributed by atoms with van der Waals surface area (Å²) >= 11 is 0. The topological polar surface area (TPSA) is 34.4 Å². The Morgan fingerprint density at radius 3 is 2.46 bits per heavy atom. The highest BCUT2D eigenvalue weighted by atomic mass is 16.5. The molecule has 1 heterocycles. The second-order valence-electron chi connectivity index (χ2n) is 8.68. The lowest BCUT2D eigenvalue weighted by atomic mass is 9.87. The maximum atomic E-state index is 6.12. The number of nitrogens with one attached hydrogen (secondary N) is 1. The van der Waals surface area contributed by atoms with Crippen LogP contribution < -0.4 is 10.1 Å². The number of furan rings is 1. The van der Waals surface area contributed by atoms with Gasteiger partial charge in [-0.05, 0) is 57.7 Å². The Labute approximate surface area is 145 Å². The van der Waals surface area contributed by atoms with Gasteiger partial charge >= 0.3 is 0 Å². The molecule has 0 spiro atoms. The Morgan fingerprint density at radius 1 is 1.12 bits per heavy atom. The van der Waals surface area contributed by atoms with Crippen molar-refractivity contribution in [3.8, 4) is 5.75 Å². The Bertz CT molecular complexity index is 689. The van der Waals surface area contributed by atoms with Crippen molar-refractivity contribution in [2.24, 2.45) is 5.92 Å². The largest absolute Gasteiger partial charge is 0.490 e. The molecule has 1 atom stereocenters. The molecule has 3 heteroatoms. The van der Waals surface area contributed by atoms with Gasteiger partial charge in [-0.3, -0.25) is 0 Å². The van der Waals surface area contributed by atoms with E-state index in [-0.39, 0.29) is 5.54 Å². The van der Waals surface area contributed by atoms with E-state index in [4.69, 9.17) is 9.15 Å². The van der Waals surface area contributed by atoms with Crippen LogP contribution in [0.15, 0.2) is 28.7 Å². The maximum absolute atomic E-state index is 6.12. The van der Waals surface area contributed by atoms with Gasteiger partial charge in [0.2, 0.25) is 0 Å². The van der Waals surface area contributed by atoms with Crippen LogP contribution in [0.4, 0.5) is 0 Å². The van der Waals surface area contributed by atoms with Crippen LogP contribution in [0, 0.1) is 5.92 Å². The molecule has 1 fully saturated rings. The van der Waals surface area contributed by atoms with E-state index in [1.54, 1.807) is 0 Å². The Balaban J connectivity index is 1.62. The highest BCUT2D eigenvalue weighted by Gasteiger charge is 2.33. The fraction of sp³-hybridized carbons (Fsp3) is 0.619. The van der Waals surface area contributed by atoms with Crippen molar-refractivity contribution in [3.63, 3.8) is 0 Å². The molecule has 1 saturated carbocycles. The SMILES string of the molecule is CC(C)[C@H](C)c1cc2ccc(OC3CC(NC(C)(C)C)C3)cc2o1. The van der Waals surface area contributed by atoms with E-state index in [1.807, 2.05) is 6.07 Å². The van der Waals surface area contributed by atoms with E-state index in [9.17, 15) is 0 Å². The molecule has 0 bridgehead atoms. The van der Waals surface area contributed by atoms with Crippen LogP contribution in [0.25, 0.3) is 11.0 Å². The highest BCUT2D eigenvalue weighted by Crippen LogP contribution is 2.33. The number of ether oxygens (including phenoxy) is 1. The molecule has 0 saturated heterocycles. The molecule has 1 aromatic heterocycles. The molecule has 0 unspecified atom stereocenters. The number of hydrogen-bond donors (Lipinski definition) is 1. The monoisotopic (exact) mass is 329 g/mol. The van der Waals surface area contributed by atoms with Crippen molar-refractivity contribution >= 4 is 11.0 Å².